The molecular formula is C15H11ClN4O. The lowest BCUT2D eigenvalue weighted by Gasteiger charge is -2.09. The van der Waals surface area contributed by atoms with Gasteiger partial charge < -0.3 is 10.5 Å². The van der Waals surface area contributed by atoms with E-state index in [0.717, 1.165) is 5.52 Å². The maximum absolute atomic E-state index is 9.28. The van der Waals surface area contributed by atoms with Crippen molar-refractivity contribution in [3.05, 3.63) is 47.0 Å². The lowest BCUT2D eigenvalue weighted by molar-refractivity contribution is 0.419. The summed E-state index contributed by atoms with van der Waals surface area (Å²) in [5, 5.41) is 9.80. The van der Waals surface area contributed by atoms with Crippen LogP contribution in [0.4, 0.5) is 5.95 Å². The van der Waals surface area contributed by atoms with E-state index in [1.54, 1.807) is 29.9 Å². The lowest BCUT2D eigenvalue weighted by Crippen LogP contribution is -2.02. The average molecular weight is 299 g/mol. The highest BCUT2D eigenvalue weighted by Gasteiger charge is 2.16. The molecule has 0 saturated heterocycles. The fraction of sp³-hybridized carbons (Fsp3) is 0.0667. The number of aromatic nitrogens is 2. The Morgan fingerprint density at radius 2 is 2.14 bits per heavy atom. The van der Waals surface area contributed by atoms with Gasteiger partial charge in [-0.05, 0) is 30.3 Å². The molecule has 0 unspecified atom stereocenters. The number of hydrogen-bond donors (Lipinski definition) is 1. The number of fused-ring (bicyclic) bond motifs is 1. The van der Waals surface area contributed by atoms with Gasteiger partial charge in [0.2, 0.25) is 5.95 Å². The van der Waals surface area contributed by atoms with Crippen molar-refractivity contribution < 1.29 is 4.74 Å². The van der Waals surface area contributed by atoms with E-state index in [1.807, 2.05) is 18.2 Å². The van der Waals surface area contributed by atoms with Crippen LogP contribution in [0, 0.1) is 11.3 Å². The number of ether oxygens (including phenoxy) is 1. The Labute approximate surface area is 126 Å². The normalized spacial score (nSPS) is 10.5. The standard InChI is InChI=1S/C15H11ClN4O/c1-21-13-4-2-3-11-14(13)19-15(18)20(11)12-7-10(16)6-5-9(12)8-17/h2-7H,1H3,(H2,18,19). The van der Waals surface area contributed by atoms with Crippen LogP contribution >= 0.6 is 11.6 Å². The van der Waals surface area contributed by atoms with Crippen LogP contribution in [0.25, 0.3) is 16.7 Å². The number of nitrogens with two attached hydrogens (primary N) is 1. The maximum Gasteiger partial charge on any atom is 0.206 e. The van der Waals surface area contributed by atoms with Crippen molar-refractivity contribution >= 4 is 28.6 Å². The minimum Gasteiger partial charge on any atom is -0.494 e. The first-order valence-electron chi connectivity index (χ1n) is 6.16. The minimum absolute atomic E-state index is 0.272. The minimum atomic E-state index is 0.272. The van der Waals surface area contributed by atoms with E-state index in [9.17, 15) is 5.26 Å². The number of hydrogen-bond acceptors (Lipinski definition) is 4. The Balaban J connectivity index is 2.39. The summed E-state index contributed by atoms with van der Waals surface area (Å²) in [5.74, 6) is 0.895. The van der Waals surface area contributed by atoms with Crippen LogP contribution in [0.3, 0.4) is 0 Å². The van der Waals surface area contributed by atoms with E-state index in [0.29, 0.717) is 27.5 Å². The van der Waals surface area contributed by atoms with Crippen LogP contribution in [-0.4, -0.2) is 16.7 Å². The first-order chi connectivity index (χ1) is 10.2. The summed E-state index contributed by atoms with van der Waals surface area (Å²) in [7, 11) is 1.57. The van der Waals surface area contributed by atoms with Gasteiger partial charge >= 0.3 is 0 Å². The van der Waals surface area contributed by atoms with Crippen molar-refractivity contribution in [1.82, 2.24) is 9.55 Å². The molecule has 6 heteroatoms. The summed E-state index contributed by atoms with van der Waals surface area (Å²) in [6.07, 6.45) is 0. The molecule has 0 spiro atoms. The molecule has 0 atom stereocenters. The summed E-state index contributed by atoms with van der Waals surface area (Å²) in [6.45, 7) is 0. The molecule has 0 bridgehead atoms. The number of nitrogens with zero attached hydrogens (tertiary/aromatic N) is 3. The van der Waals surface area contributed by atoms with Crippen LogP contribution in [-0.2, 0) is 0 Å². The molecule has 0 saturated carbocycles. The van der Waals surface area contributed by atoms with Crippen molar-refractivity contribution in [2.45, 2.75) is 0 Å². The van der Waals surface area contributed by atoms with Crippen LogP contribution in [0.15, 0.2) is 36.4 Å². The number of rotatable bonds is 2. The third kappa shape index (κ3) is 2.06. The van der Waals surface area contributed by atoms with Gasteiger partial charge in [0, 0.05) is 5.02 Å². The highest BCUT2D eigenvalue weighted by Crippen LogP contribution is 2.31. The molecule has 0 amide bonds. The molecule has 0 aliphatic carbocycles. The number of imidazole rings is 1. The Morgan fingerprint density at radius 1 is 1.33 bits per heavy atom. The predicted octanol–water partition coefficient (Wildman–Crippen LogP) is 3.14. The molecule has 104 valence electrons. The van der Waals surface area contributed by atoms with Crippen LogP contribution < -0.4 is 10.5 Å². The summed E-state index contributed by atoms with van der Waals surface area (Å²) >= 11 is 6.04. The summed E-state index contributed by atoms with van der Waals surface area (Å²) in [6, 6.07) is 12.7. The van der Waals surface area contributed by atoms with Crippen molar-refractivity contribution in [1.29, 1.82) is 5.26 Å². The van der Waals surface area contributed by atoms with E-state index in [1.165, 1.54) is 0 Å². The molecule has 0 fully saturated rings. The molecule has 0 radical (unpaired) electrons. The molecule has 2 N–H and O–H groups in total. The summed E-state index contributed by atoms with van der Waals surface area (Å²) in [5.41, 5.74) is 8.48. The molecule has 3 aromatic rings. The SMILES string of the molecule is COc1cccc2c1nc(N)n2-c1cc(Cl)ccc1C#N. The highest BCUT2D eigenvalue weighted by atomic mass is 35.5. The summed E-state index contributed by atoms with van der Waals surface area (Å²) in [4.78, 5) is 4.33. The fourth-order valence-corrected chi connectivity index (χ4v) is 2.46. The van der Waals surface area contributed by atoms with Crippen LogP contribution in [0.1, 0.15) is 5.56 Å². The Morgan fingerprint density at radius 3 is 2.86 bits per heavy atom. The Bertz CT molecular complexity index is 879. The number of halogens is 1. The molecule has 3 rings (SSSR count). The van der Waals surface area contributed by atoms with Gasteiger partial charge in [-0.3, -0.25) is 4.57 Å². The van der Waals surface area contributed by atoms with E-state index in [-0.39, 0.29) is 5.95 Å². The zero-order valence-electron chi connectivity index (χ0n) is 11.2. The average Bonchev–Trinajstić information content (AvgIpc) is 2.82. The first kappa shape index (κ1) is 13.3. The highest BCUT2D eigenvalue weighted by molar-refractivity contribution is 6.30. The van der Waals surface area contributed by atoms with E-state index < -0.39 is 0 Å². The third-order valence-corrected chi connectivity index (χ3v) is 3.45. The zero-order valence-corrected chi connectivity index (χ0v) is 11.9. The van der Waals surface area contributed by atoms with Gasteiger partial charge in [0.25, 0.3) is 0 Å². The Kier molecular flexibility index (Phi) is 3.16. The number of methoxy groups -OCH3 is 1. The van der Waals surface area contributed by atoms with Crippen molar-refractivity contribution in [2.24, 2.45) is 0 Å². The lowest BCUT2D eigenvalue weighted by atomic mass is 10.2. The number of nitriles is 1. The smallest absolute Gasteiger partial charge is 0.206 e. The van der Waals surface area contributed by atoms with Crippen LogP contribution in [0.5, 0.6) is 5.75 Å². The molecule has 21 heavy (non-hydrogen) atoms. The third-order valence-electron chi connectivity index (χ3n) is 3.22. The second-order valence-corrected chi connectivity index (χ2v) is 4.84. The molecular weight excluding hydrogens is 288 g/mol. The van der Waals surface area contributed by atoms with E-state index in [4.69, 9.17) is 22.1 Å². The quantitative estimate of drug-likeness (QED) is 0.788. The molecule has 2 aromatic carbocycles. The van der Waals surface area contributed by atoms with E-state index >= 15 is 0 Å². The second-order valence-electron chi connectivity index (χ2n) is 4.41. The largest absolute Gasteiger partial charge is 0.494 e. The van der Waals surface area contributed by atoms with Gasteiger partial charge in [-0.25, -0.2) is 4.98 Å². The first-order valence-corrected chi connectivity index (χ1v) is 6.54. The topological polar surface area (TPSA) is 76.9 Å². The second kappa shape index (κ2) is 5.00. The molecule has 5 nitrogen and oxygen atoms in total. The molecule has 1 aromatic heterocycles. The van der Waals surface area contributed by atoms with Crippen molar-refractivity contribution in [3.8, 4) is 17.5 Å². The van der Waals surface area contributed by atoms with Crippen molar-refractivity contribution in [2.75, 3.05) is 12.8 Å². The van der Waals surface area contributed by atoms with Gasteiger partial charge in [-0.1, -0.05) is 17.7 Å². The van der Waals surface area contributed by atoms with Crippen molar-refractivity contribution in [3.63, 3.8) is 0 Å². The van der Waals surface area contributed by atoms with Crippen LogP contribution in [0.2, 0.25) is 5.02 Å². The number of anilines is 1. The maximum atomic E-state index is 9.28. The van der Waals surface area contributed by atoms with Gasteiger partial charge in [-0.15, -0.1) is 0 Å². The number of nitrogen functional groups attached to an aromatic ring is 1. The zero-order chi connectivity index (χ0) is 15.0. The number of benzene rings is 2. The van der Waals surface area contributed by atoms with Gasteiger partial charge in [-0.2, -0.15) is 5.26 Å². The summed E-state index contributed by atoms with van der Waals surface area (Å²) < 4.78 is 6.99. The number of para-hydroxylation sites is 1. The predicted molar refractivity (Wildman–Crippen MR) is 81.8 cm³/mol. The van der Waals surface area contributed by atoms with Gasteiger partial charge in [0.15, 0.2) is 0 Å². The van der Waals surface area contributed by atoms with Gasteiger partial charge in [0.1, 0.15) is 17.3 Å². The molecule has 0 aliphatic rings. The fourth-order valence-electron chi connectivity index (χ4n) is 2.29. The molecule has 0 aliphatic heterocycles. The van der Waals surface area contributed by atoms with E-state index in [2.05, 4.69) is 11.1 Å². The molecule has 1 heterocycles. The monoisotopic (exact) mass is 298 g/mol. The Hall–Kier alpha value is -2.71. The van der Waals surface area contributed by atoms with Gasteiger partial charge in [0.05, 0.1) is 23.9 Å².